The largest absolute Gasteiger partial charge is 0.466 e. The molecule has 2 unspecified atom stereocenters. The second-order valence-electron chi connectivity index (χ2n) is 26.4. The summed E-state index contributed by atoms with van der Waals surface area (Å²) in [4.78, 5) is 24.6. The third-order valence-corrected chi connectivity index (χ3v) is 18.2. The van der Waals surface area contributed by atoms with Crippen LogP contribution in [0.4, 0.5) is 0 Å². The van der Waals surface area contributed by atoms with Crippen molar-refractivity contribution in [1.29, 1.82) is 0 Å². The zero-order valence-electron chi connectivity index (χ0n) is 55.6. The molecule has 0 aliphatic carbocycles. The van der Waals surface area contributed by atoms with Crippen LogP contribution in [-0.4, -0.2) is 47.4 Å². The van der Waals surface area contributed by atoms with Crippen molar-refractivity contribution in [3.63, 3.8) is 0 Å². The van der Waals surface area contributed by atoms with Crippen molar-refractivity contribution in [2.45, 2.75) is 456 Å². The first-order valence-corrected chi connectivity index (χ1v) is 37.8. The lowest BCUT2D eigenvalue weighted by Crippen LogP contribution is -2.45. The minimum Gasteiger partial charge on any atom is -0.466 e. The molecule has 2 atom stereocenters. The van der Waals surface area contributed by atoms with Gasteiger partial charge >= 0.3 is 5.97 Å². The van der Waals surface area contributed by atoms with Crippen LogP contribution in [0.25, 0.3) is 0 Å². The number of esters is 1. The summed E-state index contributed by atoms with van der Waals surface area (Å²) in [7, 11) is 0. The summed E-state index contributed by atoms with van der Waals surface area (Å²) in [5.41, 5.74) is 0. The van der Waals surface area contributed by atoms with Gasteiger partial charge in [0.05, 0.1) is 25.4 Å². The van der Waals surface area contributed by atoms with Gasteiger partial charge in [-0.25, -0.2) is 0 Å². The van der Waals surface area contributed by atoms with Gasteiger partial charge in [-0.2, -0.15) is 0 Å². The van der Waals surface area contributed by atoms with Crippen molar-refractivity contribution in [1.82, 2.24) is 5.32 Å². The van der Waals surface area contributed by atoms with Crippen LogP contribution in [0.5, 0.6) is 0 Å². The highest BCUT2D eigenvalue weighted by Gasteiger charge is 2.20. The number of carbonyl (C=O) groups excluding carboxylic acids is 2. The summed E-state index contributed by atoms with van der Waals surface area (Å²) in [5.74, 6) is 0.000473. The SMILES string of the molecule is CCCCCCCCCCCCCCCCCCCC(=O)OCCCCCCCCCCCCCCCCCCCCCCCCCCCCCCCCCCCC(=O)NC(CO)C(O)CCCCCCCCCCCCCCCC. The van der Waals surface area contributed by atoms with Gasteiger partial charge in [0.1, 0.15) is 0 Å². The normalized spacial score (nSPS) is 12.4. The number of rotatable bonds is 72. The van der Waals surface area contributed by atoms with E-state index in [1.165, 1.54) is 372 Å². The van der Waals surface area contributed by atoms with E-state index in [1.807, 2.05) is 0 Å². The molecular formula is C75H149NO5. The molecule has 0 radical (unpaired) electrons. The molecule has 0 aliphatic rings. The Morgan fingerprint density at radius 3 is 0.753 bits per heavy atom. The molecule has 6 nitrogen and oxygen atoms in total. The van der Waals surface area contributed by atoms with Crippen LogP contribution in [0.1, 0.15) is 444 Å². The number of aliphatic hydroxyl groups is 2. The van der Waals surface area contributed by atoms with E-state index in [2.05, 4.69) is 19.2 Å². The highest BCUT2D eigenvalue weighted by molar-refractivity contribution is 5.76. The number of nitrogens with one attached hydrogen (secondary N) is 1. The first-order valence-electron chi connectivity index (χ1n) is 37.8. The maximum absolute atomic E-state index is 12.5. The number of aliphatic hydroxyl groups excluding tert-OH is 2. The Balaban J connectivity index is 3.28. The molecule has 0 spiro atoms. The monoisotopic (exact) mass is 1140 g/mol. The van der Waals surface area contributed by atoms with Crippen molar-refractivity contribution >= 4 is 11.9 Å². The first kappa shape index (κ1) is 79.9. The third-order valence-electron chi connectivity index (χ3n) is 18.2. The van der Waals surface area contributed by atoms with E-state index in [9.17, 15) is 19.8 Å². The minimum atomic E-state index is -0.659. The maximum atomic E-state index is 12.5. The molecule has 0 aromatic heterocycles. The average molecular weight is 1150 g/mol. The van der Waals surface area contributed by atoms with E-state index in [-0.39, 0.29) is 18.5 Å². The topological polar surface area (TPSA) is 95.9 Å². The summed E-state index contributed by atoms with van der Waals surface area (Å²) in [6.45, 7) is 5.01. The molecule has 6 heteroatoms. The summed E-state index contributed by atoms with van der Waals surface area (Å²) in [6.07, 6.45) is 87.6. The van der Waals surface area contributed by atoms with Gasteiger partial charge in [-0.1, -0.05) is 406 Å². The highest BCUT2D eigenvalue weighted by atomic mass is 16.5. The van der Waals surface area contributed by atoms with Crippen LogP contribution in [0.15, 0.2) is 0 Å². The standard InChI is InChI=1S/C75H149NO5/c1-3-5-7-9-11-13-15-17-19-37-41-45-49-53-57-61-65-69-75(80)81-70-66-62-58-54-50-46-42-39-36-34-32-30-28-26-24-22-20-21-23-25-27-29-31-33-35-38-40-44-48-52-56-60-64-68-74(79)76-72(71-77)73(78)67-63-59-55-51-47-43-18-16-14-12-10-8-6-4-2/h72-73,77-78H,3-71H2,1-2H3,(H,76,79). The number of unbranched alkanes of at least 4 members (excludes halogenated alkanes) is 61. The minimum absolute atomic E-state index is 0.0265. The van der Waals surface area contributed by atoms with Crippen LogP contribution >= 0.6 is 0 Å². The van der Waals surface area contributed by atoms with Crippen LogP contribution in [0.3, 0.4) is 0 Å². The number of hydrogen-bond acceptors (Lipinski definition) is 5. The number of amides is 1. The molecule has 81 heavy (non-hydrogen) atoms. The Bertz CT molecular complexity index is 1180. The van der Waals surface area contributed by atoms with Crippen molar-refractivity contribution in [3.05, 3.63) is 0 Å². The zero-order valence-corrected chi connectivity index (χ0v) is 55.6. The molecule has 484 valence electrons. The lowest BCUT2D eigenvalue weighted by atomic mass is 10.0. The molecule has 0 saturated heterocycles. The van der Waals surface area contributed by atoms with Crippen LogP contribution in [-0.2, 0) is 14.3 Å². The molecule has 0 rings (SSSR count). The summed E-state index contributed by atoms with van der Waals surface area (Å²) < 4.78 is 5.51. The Labute approximate surface area is 508 Å². The van der Waals surface area contributed by atoms with Crippen molar-refractivity contribution in [3.8, 4) is 0 Å². The molecule has 0 fully saturated rings. The molecule has 0 saturated carbocycles. The molecule has 3 N–H and O–H groups in total. The summed E-state index contributed by atoms with van der Waals surface area (Å²) >= 11 is 0. The molecule has 0 aliphatic heterocycles. The summed E-state index contributed by atoms with van der Waals surface area (Å²) in [5, 5.41) is 23.3. The lowest BCUT2D eigenvalue weighted by Gasteiger charge is -2.22. The van der Waals surface area contributed by atoms with Crippen molar-refractivity contribution in [2.24, 2.45) is 0 Å². The number of ether oxygens (including phenoxy) is 1. The van der Waals surface area contributed by atoms with Gasteiger partial charge in [0.25, 0.3) is 0 Å². The third kappa shape index (κ3) is 67.9. The van der Waals surface area contributed by atoms with Gasteiger partial charge in [-0.3, -0.25) is 9.59 Å². The van der Waals surface area contributed by atoms with Gasteiger partial charge in [0.2, 0.25) is 5.91 Å². The molecule has 0 aromatic rings. The van der Waals surface area contributed by atoms with Gasteiger partial charge in [0.15, 0.2) is 0 Å². The average Bonchev–Trinajstić information content (AvgIpc) is 3.47. The predicted molar refractivity (Wildman–Crippen MR) is 357 cm³/mol. The second kappa shape index (κ2) is 71.3. The van der Waals surface area contributed by atoms with Gasteiger partial charge in [0, 0.05) is 12.8 Å². The van der Waals surface area contributed by atoms with E-state index < -0.39 is 12.1 Å². The first-order chi connectivity index (χ1) is 40.0. The maximum Gasteiger partial charge on any atom is 0.305 e. The van der Waals surface area contributed by atoms with E-state index in [1.54, 1.807) is 0 Å². The fraction of sp³-hybridized carbons (Fsp3) is 0.973. The smallest absolute Gasteiger partial charge is 0.305 e. The fourth-order valence-corrected chi connectivity index (χ4v) is 12.4. The predicted octanol–water partition coefficient (Wildman–Crippen LogP) is 24.5. The van der Waals surface area contributed by atoms with E-state index in [0.717, 1.165) is 38.5 Å². The zero-order chi connectivity index (χ0) is 58.5. The van der Waals surface area contributed by atoms with Gasteiger partial charge in [-0.15, -0.1) is 0 Å². The molecule has 0 aromatic carbocycles. The molecule has 0 heterocycles. The lowest BCUT2D eigenvalue weighted by molar-refractivity contribution is -0.143. The molecule has 1 amide bonds. The quantitative estimate of drug-likeness (QED) is 0.0417. The van der Waals surface area contributed by atoms with Crippen molar-refractivity contribution in [2.75, 3.05) is 13.2 Å². The fourth-order valence-electron chi connectivity index (χ4n) is 12.4. The Morgan fingerprint density at radius 2 is 0.506 bits per heavy atom. The van der Waals surface area contributed by atoms with Crippen LogP contribution in [0.2, 0.25) is 0 Å². The summed E-state index contributed by atoms with van der Waals surface area (Å²) in [6, 6.07) is -0.536. The number of carbonyl (C=O) groups is 2. The van der Waals surface area contributed by atoms with Gasteiger partial charge < -0.3 is 20.3 Å². The molecule has 0 bridgehead atoms. The van der Waals surface area contributed by atoms with Crippen molar-refractivity contribution < 1.29 is 24.5 Å². The van der Waals surface area contributed by atoms with Crippen LogP contribution in [0, 0.1) is 0 Å². The Morgan fingerprint density at radius 1 is 0.296 bits per heavy atom. The Hall–Kier alpha value is -1.14. The van der Waals surface area contributed by atoms with Crippen LogP contribution < -0.4 is 5.32 Å². The molecular weight excluding hydrogens is 995 g/mol. The highest BCUT2D eigenvalue weighted by Crippen LogP contribution is 2.20. The van der Waals surface area contributed by atoms with E-state index >= 15 is 0 Å². The van der Waals surface area contributed by atoms with E-state index in [0.29, 0.717) is 25.9 Å². The van der Waals surface area contributed by atoms with Gasteiger partial charge in [-0.05, 0) is 25.7 Å². The number of hydrogen-bond donors (Lipinski definition) is 3. The van der Waals surface area contributed by atoms with E-state index in [4.69, 9.17) is 4.74 Å². The second-order valence-corrected chi connectivity index (χ2v) is 26.4. The Kier molecular flexibility index (Phi) is 70.3.